The molecule has 3 rings (SSSR count). The molecule has 0 bridgehead atoms. The highest BCUT2D eigenvalue weighted by Crippen LogP contribution is 2.36. The number of ether oxygens (including phenoxy) is 2. The van der Waals surface area contributed by atoms with Crippen molar-refractivity contribution in [2.45, 2.75) is 11.0 Å². The van der Waals surface area contributed by atoms with Crippen molar-refractivity contribution in [2.24, 2.45) is 11.8 Å². The number of rotatable bonds is 5. The lowest BCUT2D eigenvalue weighted by Crippen LogP contribution is -2.33. The van der Waals surface area contributed by atoms with Gasteiger partial charge < -0.3 is 14.4 Å². The minimum Gasteiger partial charge on any atom is -0.494 e. The van der Waals surface area contributed by atoms with Gasteiger partial charge in [0.05, 0.1) is 24.7 Å². The van der Waals surface area contributed by atoms with Gasteiger partial charge in [-0.15, -0.1) is 0 Å². The summed E-state index contributed by atoms with van der Waals surface area (Å²) in [5, 5.41) is 0. The van der Waals surface area contributed by atoms with Gasteiger partial charge in [-0.2, -0.15) is 4.31 Å². The number of halogens is 1. The average Bonchev–Trinajstić information content (AvgIpc) is 3.09. The van der Waals surface area contributed by atoms with Crippen LogP contribution in [0.3, 0.4) is 0 Å². The van der Waals surface area contributed by atoms with Crippen molar-refractivity contribution < 1.29 is 22.3 Å². The Morgan fingerprint density at radius 1 is 1.38 bits per heavy atom. The van der Waals surface area contributed by atoms with E-state index >= 15 is 0 Å². The van der Waals surface area contributed by atoms with E-state index in [1.165, 1.54) is 23.5 Å². The molecule has 0 spiro atoms. The number of fused-ring (bicyclic) bond motifs is 1. The summed E-state index contributed by atoms with van der Waals surface area (Å²) >= 11 is 0. The van der Waals surface area contributed by atoms with Crippen molar-refractivity contribution in [1.82, 2.24) is 9.21 Å². The number of sulfonamides is 1. The zero-order valence-corrected chi connectivity index (χ0v) is 14.9. The van der Waals surface area contributed by atoms with E-state index in [9.17, 15) is 12.8 Å². The number of hydrogen-bond donors (Lipinski definition) is 0. The lowest BCUT2D eigenvalue weighted by Gasteiger charge is -2.22. The van der Waals surface area contributed by atoms with Crippen LogP contribution >= 0.6 is 0 Å². The lowest BCUT2D eigenvalue weighted by atomic mass is 9.93. The second-order valence-corrected chi connectivity index (χ2v) is 8.61. The van der Waals surface area contributed by atoms with Crippen LogP contribution in [-0.2, 0) is 14.8 Å². The van der Waals surface area contributed by atoms with Gasteiger partial charge in [-0.05, 0) is 32.3 Å². The van der Waals surface area contributed by atoms with Gasteiger partial charge in [0.2, 0.25) is 10.0 Å². The molecule has 0 N–H and O–H groups in total. The number of methoxy groups -OCH3 is 1. The molecular formula is C16H23FN2O4S. The smallest absolute Gasteiger partial charge is 0.243 e. The van der Waals surface area contributed by atoms with Gasteiger partial charge in [0.25, 0.3) is 0 Å². The highest BCUT2D eigenvalue weighted by Gasteiger charge is 2.47. The lowest BCUT2D eigenvalue weighted by molar-refractivity contribution is 0.102. The summed E-state index contributed by atoms with van der Waals surface area (Å²) in [6.07, 6.45) is -0.0761. The molecule has 1 aromatic rings. The molecule has 8 heteroatoms. The molecule has 0 radical (unpaired) electrons. The maximum Gasteiger partial charge on any atom is 0.243 e. The first-order chi connectivity index (χ1) is 11.3. The highest BCUT2D eigenvalue weighted by atomic mass is 32.2. The molecule has 0 aromatic heterocycles. The Hall–Kier alpha value is -1.22. The average molecular weight is 358 g/mol. The predicted octanol–water partition coefficient (Wildman–Crippen LogP) is 1.03. The monoisotopic (exact) mass is 358 g/mol. The van der Waals surface area contributed by atoms with E-state index in [0.717, 1.165) is 12.6 Å². The third kappa shape index (κ3) is 3.15. The van der Waals surface area contributed by atoms with Crippen molar-refractivity contribution in [3.63, 3.8) is 0 Å². The van der Waals surface area contributed by atoms with Gasteiger partial charge >= 0.3 is 0 Å². The normalized spacial score (nSPS) is 27.6. The Balaban J connectivity index is 1.78. The van der Waals surface area contributed by atoms with E-state index in [2.05, 4.69) is 4.90 Å². The number of benzene rings is 1. The first-order valence-corrected chi connectivity index (χ1v) is 9.37. The summed E-state index contributed by atoms with van der Waals surface area (Å²) in [6, 6.07) is 3.73. The van der Waals surface area contributed by atoms with Crippen molar-refractivity contribution in [2.75, 3.05) is 47.4 Å². The fraction of sp³-hybridized carbons (Fsp3) is 0.625. The topological polar surface area (TPSA) is 59.1 Å². The zero-order valence-electron chi connectivity index (χ0n) is 14.1. The van der Waals surface area contributed by atoms with Crippen molar-refractivity contribution in [1.29, 1.82) is 0 Å². The fourth-order valence-corrected chi connectivity index (χ4v) is 5.08. The Morgan fingerprint density at radius 2 is 2.12 bits per heavy atom. The van der Waals surface area contributed by atoms with E-state index in [1.54, 1.807) is 0 Å². The van der Waals surface area contributed by atoms with E-state index in [0.29, 0.717) is 25.6 Å². The van der Waals surface area contributed by atoms with Crippen molar-refractivity contribution in [3.8, 4) is 5.75 Å². The molecule has 3 atom stereocenters. The molecule has 24 heavy (non-hydrogen) atoms. The van der Waals surface area contributed by atoms with Crippen molar-refractivity contribution >= 4 is 10.0 Å². The molecule has 6 nitrogen and oxygen atoms in total. The van der Waals surface area contributed by atoms with Crippen LogP contribution in [0.2, 0.25) is 0 Å². The summed E-state index contributed by atoms with van der Waals surface area (Å²) in [4.78, 5) is 2.04. The van der Waals surface area contributed by atoms with Crippen LogP contribution in [0.15, 0.2) is 23.1 Å². The van der Waals surface area contributed by atoms with Crippen LogP contribution in [0, 0.1) is 17.7 Å². The Bertz CT molecular complexity index is 710. The maximum atomic E-state index is 13.9. The summed E-state index contributed by atoms with van der Waals surface area (Å²) in [7, 11) is 1.60. The molecule has 2 aliphatic heterocycles. The molecule has 2 fully saturated rings. The van der Waals surface area contributed by atoms with Crippen LogP contribution in [0.25, 0.3) is 0 Å². The first-order valence-electron chi connectivity index (χ1n) is 7.93. The summed E-state index contributed by atoms with van der Waals surface area (Å²) in [5.74, 6) is -0.149. The third-order valence-electron chi connectivity index (χ3n) is 4.77. The van der Waals surface area contributed by atoms with Gasteiger partial charge in [0.15, 0.2) is 11.6 Å². The Labute approximate surface area is 142 Å². The molecular weight excluding hydrogens is 335 g/mol. The van der Waals surface area contributed by atoms with Crippen LogP contribution in [0.1, 0.15) is 0 Å². The van der Waals surface area contributed by atoms with E-state index in [-0.39, 0.29) is 22.7 Å². The Morgan fingerprint density at radius 3 is 2.75 bits per heavy atom. The second kappa shape index (κ2) is 6.59. The van der Waals surface area contributed by atoms with Gasteiger partial charge in [0, 0.05) is 31.5 Å². The summed E-state index contributed by atoms with van der Waals surface area (Å²) in [6.45, 7) is 2.27. The maximum absolute atomic E-state index is 13.9. The molecule has 1 aromatic carbocycles. The highest BCUT2D eigenvalue weighted by molar-refractivity contribution is 7.89. The molecule has 0 aliphatic carbocycles. The summed E-state index contributed by atoms with van der Waals surface area (Å²) in [5.41, 5.74) is 0. The molecule has 2 saturated heterocycles. The van der Waals surface area contributed by atoms with E-state index in [1.807, 2.05) is 14.1 Å². The molecule has 2 aliphatic rings. The molecule has 2 heterocycles. The third-order valence-corrected chi connectivity index (χ3v) is 6.59. The van der Waals surface area contributed by atoms with Gasteiger partial charge in [-0.1, -0.05) is 0 Å². The van der Waals surface area contributed by atoms with Crippen molar-refractivity contribution in [3.05, 3.63) is 24.0 Å². The number of nitrogens with zero attached hydrogens (tertiary/aromatic N) is 2. The van der Waals surface area contributed by atoms with E-state index in [4.69, 9.17) is 9.47 Å². The zero-order chi connectivity index (χ0) is 17.5. The van der Waals surface area contributed by atoms with Crippen LogP contribution < -0.4 is 4.74 Å². The number of hydrogen-bond acceptors (Lipinski definition) is 5. The quantitative estimate of drug-likeness (QED) is 0.787. The predicted molar refractivity (Wildman–Crippen MR) is 87.0 cm³/mol. The van der Waals surface area contributed by atoms with Crippen LogP contribution in [0.4, 0.5) is 4.39 Å². The van der Waals surface area contributed by atoms with E-state index < -0.39 is 15.8 Å². The van der Waals surface area contributed by atoms with Gasteiger partial charge in [-0.25, -0.2) is 12.8 Å². The Kier molecular flexibility index (Phi) is 4.83. The molecule has 0 saturated carbocycles. The molecule has 134 valence electrons. The van der Waals surface area contributed by atoms with Crippen LogP contribution in [0.5, 0.6) is 5.75 Å². The summed E-state index contributed by atoms with van der Waals surface area (Å²) < 4.78 is 51.5. The molecule has 0 unspecified atom stereocenters. The first kappa shape index (κ1) is 17.6. The minimum atomic E-state index is -3.74. The second-order valence-electron chi connectivity index (χ2n) is 6.68. The van der Waals surface area contributed by atoms with Gasteiger partial charge in [-0.3, -0.25) is 0 Å². The van der Waals surface area contributed by atoms with Gasteiger partial charge in [0.1, 0.15) is 0 Å². The SMILES string of the molecule is COc1ccc(S(=O)(=O)N2C[C@H]3[C@H](CN(C)C)CO[C@H]3C2)cc1F. The minimum absolute atomic E-state index is 0.0293. The fourth-order valence-electron chi connectivity index (χ4n) is 3.57. The molecule has 0 amide bonds. The standard InChI is InChI=1S/C16H23FN2O4S/c1-18(2)7-11-10-23-16-9-19(8-13(11)16)24(20,21)12-4-5-15(22-3)14(17)6-12/h4-6,11,13,16H,7-10H2,1-3H3/t11-,13+,16+/m1/s1. The largest absolute Gasteiger partial charge is 0.494 e. The van der Waals surface area contributed by atoms with Crippen LogP contribution in [-0.4, -0.2) is 71.2 Å².